The highest BCUT2D eigenvalue weighted by molar-refractivity contribution is 9.10. The smallest absolute Gasteiger partial charge is 0.251 e. The molecule has 1 aromatic carbocycles. The first-order chi connectivity index (χ1) is 8.56. The number of aromatic nitrogens is 1. The molecule has 1 unspecified atom stereocenters. The maximum atomic E-state index is 12.0. The van der Waals surface area contributed by atoms with Gasteiger partial charge in [0.2, 0.25) is 5.89 Å². The van der Waals surface area contributed by atoms with Gasteiger partial charge >= 0.3 is 0 Å². The molecule has 1 amide bonds. The van der Waals surface area contributed by atoms with Gasteiger partial charge in [0.05, 0.1) is 6.20 Å². The third kappa shape index (κ3) is 2.98. The number of amides is 1. The molecule has 0 fully saturated rings. The first-order valence-corrected chi connectivity index (χ1v) is 6.34. The van der Waals surface area contributed by atoms with Crippen LogP contribution in [0.2, 0.25) is 0 Å². The SMILES string of the molecule is Cc1cnc(C(C)NC(=O)c2cccc(Br)c2)o1. The molecule has 1 aromatic heterocycles. The van der Waals surface area contributed by atoms with E-state index >= 15 is 0 Å². The average Bonchev–Trinajstić information content (AvgIpc) is 2.76. The minimum Gasteiger partial charge on any atom is -0.444 e. The number of benzene rings is 1. The molecular formula is C13H13BrN2O2. The van der Waals surface area contributed by atoms with Gasteiger partial charge in [-0.3, -0.25) is 4.79 Å². The quantitative estimate of drug-likeness (QED) is 0.947. The first kappa shape index (κ1) is 12.8. The Bertz CT molecular complexity index is 566. The molecule has 0 aliphatic heterocycles. The summed E-state index contributed by atoms with van der Waals surface area (Å²) in [6.45, 7) is 3.65. The molecule has 0 aliphatic rings. The highest BCUT2D eigenvalue weighted by Crippen LogP contribution is 2.15. The average molecular weight is 309 g/mol. The molecule has 2 aromatic rings. The Morgan fingerprint density at radius 3 is 2.89 bits per heavy atom. The summed E-state index contributed by atoms with van der Waals surface area (Å²) in [7, 11) is 0. The van der Waals surface area contributed by atoms with Gasteiger partial charge < -0.3 is 9.73 Å². The van der Waals surface area contributed by atoms with Gasteiger partial charge in [0.25, 0.3) is 5.91 Å². The lowest BCUT2D eigenvalue weighted by molar-refractivity contribution is 0.0934. The molecule has 4 nitrogen and oxygen atoms in total. The molecule has 5 heteroatoms. The van der Waals surface area contributed by atoms with Crippen LogP contribution in [0.1, 0.15) is 35.0 Å². The van der Waals surface area contributed by atoms with Crippen molar-refractivity contribution in [3.63, 3.8) is 0 Å². The Hall–Kier alpha value is -1.62. The number of nitrogens with one attached hydrogen (secondary N) is 1. The van der Waals surface area contributed by atoms with Crippen LogP contribution in [0.25, 0.3) is 0 Å². The van der Waals surface area contributed by atoms with Crippen LogP contribution in [0.4, 0.5) is 0 Å². The van der Waals surface area contributed by atoms with Crippen LogP contribution in [-0.2, 0) is 0 Å². The van der Waals surface area contributed by atoms with E-state index < -0.39 is 0 Å². The number of rotatable bonds is 3. The van der Waals surface area contributed by atoms with Crippen molar-refractivity contribution in [2.45, 2.75) is 19.9 Å². The predicted molar refractivity (Wildman–Crippen MR) is 71.3 cm³/mol. The van der Waals surface area contributed by atoms with Gasteiger partial charge in [-0.2, -0.15) is 0 Å². The van der Waals surface area contributed by atoms with E-state index in [9.17, 15) is 4.79 Å². The summed E-state index contributed by atoms with van der Waals surface area (Å²) in [6.07, 6.45) is 1.64. The number of carbonyl (C=O) groups excluding carboxylic acids is 1. The summed E-state index contributed by atoms with van der Waals surface area (Å²) in [4.78, 5) is 16.1. The minimum atomic E-state index is -0.259. The molecular weight excluding hydrogens is 296 g/mol. The van der Waals surface area contributed by atoms with Gasteiger partial charge in [-0.1, -0.05) is 22.0 Å². The van der Waals surface area contributed by atoms with Crippen molar-refractivity contribution in [1.29, 1.82) is 0 Å². The summed E-state index contributed by atoms with van der Waals surface area (Å²) in [5.74, 6) is 1.09. The number of carbonyl (C=O) groups is 1. The van der Waals surface area contributed by atoms with E-state index in [0.717, 1.165) is 10.2 Å². The van der Waals surface area contributed by atoms with Gasteiger partial charge in [0, 0.05) is 10.0 Å². The minimum absolute atomic E-state index is 0.153. The predicted octanol–water partition coefficient (Wildman–Crippen LogP) is 3.24. The van der Waals surface area contributed by atoms with Crippen LogP contribution in [0.5, 0.6) is 0 Å². The standard InChI is InChI=1S/C13H13BrN2O2/c1-8-7-15-13(18-8)9(2)16-12(17)10-4-3-5-11(14)6-10/h3-7,9H,1-2H3,(H,16,17). The van der Waals surface area contributed by atoms with Crippen LogP contribution in [-0.4, -0.2) is 10.9 Å². The lowest BCUT2D eigenvalue weighted by Crippen LogP contribution is -2.26. The van der Waals surface area contributed by atoms with Crippen molar-refractivity contribution in [1.82, 2.24) is 10.3 Å². The molecule has 18 heavy (non-hydrogen) atoms. The van der Waals surface area contributed by atoms with Gasteiger partial charge in [-0.05, 0) is 32.0 Å². The Kier molecular flexibility index (Phi) is 3.81. The Morgan fingerprint density at radius 2 is 2.28 bits per heavy atom. The second-order valence-corrected chi connectivity index (χ2v) is 4.93. The molecule has 0 spiro atoms. The molecule has 1 N–H and O–H groups in total. The highest BCUT2D eigenvalue weighted by Gasteiger charge is 2.15. The first-order valence-electron chi connectivity index (χ1n) is 5.55. The van der Waals surface area contributed by atoms with Crippen molar-refractivity contribution in [3.8, 4) is 0 Å². The van der Waals surface area contributed by atoms with Crippen molar-refractivity contribution in [2.24, 2.45) is 0 Å². The number of hydrogen-bond acceptors (Lipinski definition) is 3. The topological polar surface area (TPSA) is 55.1 Å². The number of oxazole rings is 1. The lowest BCUT2D eigenvalue weighted by Gasteiger charge is -2.10. The highest BCUT2D eigenvalue weighted by atomic mass is 79.9. The van der Waals surface area contributed by atoms with E-state index in [1.165, 1.54) is 0 Å². The van der Waals surface area contributed by atoms with Crippen molar-refractivity contribution in [2.75, 3.05) is 0 Å². The number of halogens is 1. The zero-order valence-corrected chi connectivity index (χ0v) is 11.7. The molecule has 2 rings (SSSR count). The molecule has 0 bridgehead atoms. The van der Waals surface area contributed by atoms with Crippen LogP contribution in [0, 0.1) is 6.92 Å². The van der Waals surface area contributed by atoms with Crippen LogP contribution in [0.15, 0.2) is 39.4 Å². The van der Waals surface area contributed by atoms with E-state index in [1.807, 2.05) is 26.0 Å². The monoisotopic (exact) mass is 308 g/mol. The lowest BCUT2D eigenvalue weighted by atomic mass is 10.2. The third-order valence-electron chi connectivity index (χ3n) is 2.44. The maximum absolute atomic E-state index is 12.0. The fraction of sp³-hybridized carbons (Fsp3) is 0.231. The largest absolute Gasteiger partial charge is 0.444 e. The number of nitrogens with zero attached hydrogens (tertiary/aromatic N) is 1. The Morgan fingerprint density at radius 1 is 1.50 bits per heavy atom. The molecule has 0 saturated heterocycles. The Labute approximate surface area is 114 Å². The summed E-state index contributed by atoms with van der Waals surface area (Å²) < 4.78 is 6.24. The van der Waals surface area contributed by atoms with E-state index in [1.54, 1.807) is 18.3 Å². The number of hydrogen-bond donors (Lipinski definition) is 1. The fourth-order valence-corrected chi connectivity index (χ4v) is 1.94. The summed E-state index contributed by atoms with van der Waals surface area (Å²) in [6, 6.07) is 6.96. The molecule has 1 atom stereocenters. The second-order valence-electron chi connectivity index (χ2n) is 4.01. The Balaban J connectivity index is 2.08. The van der Waals surface area contributed by atoms with Crippen LogP contribution < -0.4 is 5.32 Å². The van der Waals surface area contributed by atoms with Crippen molar-refractivity contribution < 1.29 is 9.21 Å². The van der Waals surface area contributed by atoms with E-state index in [0.29, 0.717) is 11.5 Å². The molecule has 94 valence electrons. The van der Waals surface area contributed by atoms with E-state index in [2.05, 4.69) is 26.2 Å². The fourth-order valence-electron chi connectivity index (χ4n) is 1.54. The van der Waals surface area contributed by atoms with Gasteiger partial charge in [-0.25, -0.2) is 4.98 Å². The van der Waals surface area contributed by atoms with E-state index in [4.69, 9.17) is 4.42 Å². The normalized spacial score (nSPS) is 12.2. The molecule has 1 heterocycles. The van der Waals surface area contributed by atoms with Crippen molar-refractivity contribution in [3.05, 3.63) is 52.1 Å². The molecule has 0 radical (unpaired) electrons. The third-order valence-corrected chi connectivity index (χ3v) is 2.94. The van der Waals surface area contributed by atoms with Crippen LogP contribution >= 0.6 is 15.9 Å². The summed E-state index contributed by atoms with van der Waals surface area (Å²) >= 11 is 3.33. The number of aryl methyl sites for hydroxylation is 1. The van der Waals surface area contributed by atoms with E-state index in [-0.39, 0.29) is 11.9 Å². The second kappa shape index (κ2) is 5.35. The van der Waals surface area contributed by atoms with Gasteiger partial charge in [-0.15, -0.1) is 0 Å². The zero-order chi connectivity index (χ0) is 13.1. The summed E-state index contributed by atoms with van der Waals surface area (Å²) in [5.41, 5.74) is 0.597. The molecule has 0 saturated carbocycles. The van der Waals surface area contributed by atoms with Crippen molar-refractivity contribution >= 4 is 21.8 Å². The van der Waals surface area contributed by atoms with Gasteiger partial charge in [0.15, 0.2) is 0 Å². The molecule has 0 aliphatic carbocycles. The summed E-state index contributed by atoms with van der Waals surface area (Å²) in [5, 5.41) is 2.84. The van der Waals surface area contributed by atoms with Crippen LogP contribution in [0.3, 0.4) is 0 Å². The van der Waals surface area contributed by atoms with Gasteiger partial charge in [0.1, 0.15) is 11.8 Å². The zero-order valence-electron chi connectivity index (χ0n) is 10.1. The maximum Gasteiger partial charge on any atom is 0.251 e.